The van der Waals surface area contributed by atoms with E-state index >= 15 is 4.39 Å². The molecule has 3 saturated carbocycles. The molecular formula is C27H33FO8. The van der Waals surface area contributed by atoms with Crippen LogP contribution >= 0.6 is 0 Å². The number of carbonyl (C=O) groups is 5. The highest BCUT2D eigenvalue weighted by atomic mass is 19.1. The highest BCUT2D eigenvalue weighted by molar-refractivity contribution is 6.01. The summed E-state index contributed by atoms with van der Waals surface area (Å²) in [4.78, 5) is 61.5. The average Bonchev–Trinajstić information content (AvgIpc) is 3.05. The van der Waals surface area contributed by atoms with Crippen molar-refractivity contribution in [3.63, 3.8) is 0 Å². The number of allylic oxidation sites excluding steroid dienone is 4. The maximum absolute atomic E-state index is 17.7. The van der Waals surface area contributed by atoms with E-state index in [1.807, 2.05) is 0 Å². The van der Waals surface area contributed by atoms with Gasteiger partial charge in [-0.05, 0) is 57.1 Å². The summed E-state index contributed by atoms with van der Waals surface area (Å²) in [6.07, 6.45) is 4.46. The van der Waals surface area contributed by atoms with Gasteiger partial charge in [0.15, 0.2) is 23.7 Å². The minimum absolute atomic E-state index is 0.0754. The third-order valence-electron chi connectivity index (χ3n) is 9.22. The fourth-order valence-corrected chi connectivity index (χ4v) is 7.70. The number of esters is 3. The van der Waals surface area contributed by atoms with Crippen LogP contribution in [-0.4, -0.2) is 53.5 Å². The number of carbonyl (C=O) groups excluding carboxylic acids is 5. The number of fused-ring (bicyclic) bond motifs is 5. The number of ketones is 2. The topological polar surface area (TPSA) is 113 Å². The Bertz CT molecular complexity index is 1090. The molecule has 3 fully saturated rings. The number of Topliss-reactive ketones (excluding diaryl/α,β-unsaturated/α-hetero) is 1. The number of hydrogen-bond acceptors (Lipinski definition) is 8. The third kappa shape index (κ3) is 3.57. The zero-order chi connectivity index (χ0) is 26.7. The smallest absolute Gasteiger partial charge is 0.303 e. The summed E-state index contributed by atoms with van der Waals surface area (Å²) < 4.78 is 34.1. The molecular weight excluding hydrogens is 471 g/mol. The molecule has 0 N–H and O–H groups in total. The molecule has 3 unspecified atom stereocenters. The first-order valence-electron chi connectivity index (χ1n) is 12.4. The van der Waals surface area contributed by atoms with Crippen molar-refractivity contribution in [3.8, 4) is 0 Å². The summed E-state index contributed by atoms with van der Waals surface area (Å²) in [6.45, 7) is 6.51. The van der Waals surface area contributed by atoms with E-state index in [-0.39, 0.29) is 24.5 Å². The Hall–Kier alpha value is -2.84. The molecule has 9 heteroatoms. The molecule has 196 valence electrons. The van der Waals surface area contributed by atoms with E-state index < -0.39 is 64.4 Å². The van der Waals surface area contributed by atoms with E-state index in [9.17, 15) is 24.0 Å². The third-order valence-corrected chi connectivity index (χ3v) is 9.22. The number of hydrogen-bond donors (Lipinski definition) is 0. The van der Waals surface area contributed by atoms with Crippen LogP contribution in [0.2, 0.25) is 0 Å². The maximum Gasteiger partial charge on any atom is 0.303 e. The highest BCUT2D eigenvalue weighted by Crippen LogP contribution is 2.70. The van der Waals surface area contributed by atoms with Crippen LogP contribution in [0.5, 0.6) is 0 Å². The van der Waals surface area contributed by atoms with Crippen molar-refractivity contribution in [3.05, 3.63) is 23.8 Å². The minimum Gasteiger partial charge on any atom is -0.459 e. The Morgan fingerprint density at radius 2 is 1.72 bits per heavy atom. The van der Waals surface area contributed by atoms with E-state index in [2.05, 4.69) is 0 Å². The lowest BCUT2D eigenvalue weighted by molar-refractivity contribution is -0.233. The second-order valence-corrected chi connectivity index (χ2v) is 11.0. The molecule has 0 heterocycles. The molecule has 0 aromatic heterocycles. The van der Waals surface area contributed by atoms with Crippen LogP contribution in [0.1, 0.15) is 66.7 Å². The lowest BCUT2D eigenvalue weighted by Crippen LogP contribution is -2.70. The molecule has 0 aliphatic heterocycles. The van der Waals surface area contributed by atoms with Crippen molar-refractivity contribution < 1.29 is 42.6 Å². The first kappa shape index (κ1) is 26.2. The molecule has 0 bridgehead atoms. The van der Waals surface area contributed by atoms with Crippen molar-refractivity contribution in [1.29, 1.82) is 0 Å². The lowest BCUT2D eigenvalue weighted by atomic mass is 9.44. The molecule has 4 rings (SSSR count). The monoisotopic (exact) mass is 504 g/mol. The van der Waals surface area contributed by atoms with E-state index in [1.165, 1.54) is 32.9 Å². The molecule has 4 aliphatic rings. The van der Waals surface area contributed by atoms with Gasteiger partial charge in [0.1, 0.15) is 6.10 Å². The average molecular weight is 505 g/mol. The zero-order valence-corrected chi connectivity index (χ0v) is 21.4. The van der Waals surface area contributed by atoms with Crippen LogP contribution in [0.4, 0.5) is 4.39 Å². The quantitative estimate of drug-likeness (QED) is 0.414. The van der Waals surface area contributed by atoms with Gasteiger partial charge in [0.2, 0.25) is 5.78 Å². The van der Waals surface area contributed by atoms with Gasteiger partial charge in [-0.15, -0.1) is 0 Å². The van der Waals surface area contributed by atoms with Gasteiger partial charge in [-0.2, -0.15) is 0 Å². The van der Waals surface area contributed by atoms with Gasteiger partial charge >= 0.3 is 17.9 Å². The Morgan fingerprint density at radius 1 is 1.03 bits per heavy atom. The van der Waals surface area contributed by atoms with Gasteiger partial charge in [0.25, 0.3) is 0 Å². The summed E-state index contributed by atoms with van der Waals surface area (Å²) in [7, 11) is 0. The first-order valence-corrected chi connectivity index (χ1v) is 12.4. The molecule has 7 atom stereocenters. The maximum atomic E-state index is 17.7. The Morgan fingerprint density at radius 3 is 2.33 bits per heavy atom. The predicted octanol–water partition coefficient (Wildman–Crippen LogP) is 3.36. The van der Waals surface area contributed by atoms with Crippen molar-refractivity contribution >= 4 is 29.5 Å². The summed E-state index contributed by atoms with van der Waals surface area (Å²) in [5.41, 5.74) is -5.31. The fraction of sp³-hybridized carbons (Fsp3) is 0.667. The van der Waals surface area contributed by atoms with Crippen molar-refractivity contribution in [2.45, 2.75) is 84.1 Å². The largest absolute Gasteiger partial charge is 0.459 e. The normalized spacial score (nSPS) is 40.8. The molecule has 0 aromatic rings. The predicted molar refractivity (Wildman–Crippen MR) is 124 cm³/mol. The van der Waals surface area contributed by atoms with Crippen LogP contribution in [-0.2, 0) is 38.2 Å². The number of halogens is 1. The second-order valence-electron chi connectivity index (χ2n) is 11.0. The minimum atomic E-state index is -2.05. The summed E-state index contributed by atoms with van der Waals surface area (Å²) in [5.74, 6) is -3.81. The van der Waals surface area contributed by atoms with Crippen LogP contribution in [0, 0.1) is 22.7 Å². The molecule has 0 saturated heterocycles. The van der Waals surface area contributed by atoms with E-state index in [0.29, 0.717) is 24.8 Å². The van der Waals surface area contributed by atoms with Crippen LogP contribution in [0.25, 0.3) is 0 Å². The summed E-state index contributed by atoms with van der Waals surface area (Å²) >= 11 is 0. The lowest BCUT2D eigenvalue weighted by Gasteiger charge is -2.63. The molecule has 0 aromatic carbocycles. The Balaban J connectivity index is 1.85. The van der Waals surface area contributed by atoms with Gasteiger partial charge in [0.05, 0.1) is 0 Å². The molecule has 0 radical (unpaired) electrons. The number of ether oxygens (including phenoxy) is 3. The molecule has 8 nitrogen and oxygen atoms in total. The molecule has 0 spiro atoms. The van der Waals surface area contributed by atoms with Crippen LogP contribution in [0.15, 0.2) is 23.8 Å². The summed E-state index contributed by atoms with van der Waals surface area (Å²) in [6, 6.07) is 0. The SMILES string of the molecule is CC(=O)OCC(=O)[C@@]1(OC(C)=O)CCC2C3CCC4=CC(=O)C=C[C@]4(C)[C@@]3(F)C(OC(C)=O)C[C@@]21C. The van der Waals surface area contributed by atoms with Crippen LogP contribution < -0.4 is 0 Å². The van der Waals surface area contributed by atoms with E-state index in [4.69, 9.17) is 14.2 Å². The van der Waals surface area contributed by atoms with E-state index in [1.54, 1.807) is 19.9 Å². The second kappa shape index (κ2) is 8.63. The van der Waals surface area contributed by atoms with Gasteiger partial charge in [-0.25, -0.2) is 4.39 Å². The Kier molecular flexibility index (Phi) is 6.29. The van der Waals surface area contributed by atoms with Crippen molar-refractivity contribution in [1.82, 2.24) is 0 Å². The van der Waals surface area contributed by atoms with Gasteiger partial charge in [0, 0.05) is 37.5 Å². The fourth-order valence-electron chi connectivity index (χ4n) is 7.70. The molecule has 4 aliphatic carbocycles. The van der Waals surface area contributed by atoms with Gasteiger partial charge < -0.3 is 14.2 Å². The zero-order valence-electron chi connectivity index (χ0n) is 21.4. The number of rotatable bonds is 5. The van der Waals surface area contributed by atoms with Crippen LogP contribution in [0.3, 0.4) is 0 Å². The van der Waals surface area contributed by atoms with E-state index in [0.717, 1.165) is 0 Å². The van der Waals surface area contributed by atoms with Crippen molar-refractivity contribution in [2.75, 3.05) is 6.61 Å². The van der Waals surface area contributed by atoms with Crippen molar-refractivity contribution in [2.24, 2.45) is 22.7 Å². The van der Waals surface area contributed by atoms with Gasteiger partial charge in [-0.3, -0.25) is 24.0 Å². The summed E-state index contributed by atoms with van der Waals surface area (Å²) in [5, 5.41) is 0. The molecule has 0 amide bonds. The standard InChI is InChI=1S/C27H33FO8/c1-15(29)34-14-22(33)26(36-17(3)31)11-9-20-21-7-6-18-12-19(32)8-10-24(18,4)27(21,28)23(35-16(2)30)13-25(20,26)5/h8,10,12,20-21,23H,6-7,9,11,13-14H2,1-5H3/t20?,21?,23?,24-,25-,26-,27-/m0/s1. The van der Waals surface area contributed by atoms with Gasteiger partial charge in [-0.1, -0.05) is 18.6 Å². The highest BCUT2D eigenvalue weighted by Gasteiger charge is 2.76. The number of alkyl halides is 1. The first-order chi connectivity index (χ1) is 16.7. The Labute approximate surface area is 209 Å². The molecule has 36 heavy (non-hydrogen) atoms.